The third-order valence-electron chi connectivity index (χ3n) is 4.10. The van der Waals surface area contributed by atoms with Gasteiger partial charge in [-0.25, -0.2) is 0 Å². The van der Waals surface area contributed by atoms with Crippen LogP contribution in [0.1, 0.15) is 49.3 Å². The molecule has 0 unspecified atom stereocenters. The van der Waals surface area contributed by atoms with Crippen molar-refractivity contribution in [2.24, 2.45) is 0 Å². The lowest BCUT2D eigenvalue weighted by molar-refractivity contribution is 0.242. The van der Waals surface area contributed by atoms with Gasteiger partial charge in [-0.3, -0.25) is 9.08 Å². The molecule has 0 aliphatic heterocycles. The Morgan fingerprint density at radius 3 is 2.61 bits per heavy atom. The molecule has 0 atom stereocenters. The molecule has 124 valence electrons. The molecule has 0 amide bonds. The fourth-order valence-corrected chi connectivity index (χ4v) is 4.87. The first-order chi connectivity index (χ1) is 11.0. The van der Waals surface area contributed by atoms with Gasteiger partial charge in [0, 0.05) is 12.0 Å². The number of aryl methyl sites for hydroxylation is 1. The van der Waals surface area contributed by atoms with E-state index in [9.17, 15) is 13.2 Å². The first-order valence-corrected chi connectivity index (χ1v) is 9.98. The van der Waals surface area contributed by atoms with Gasteiger partial charge in [-0.1, -0.05) is 25.3 Å². The highest BCUT2D eigenvalue weighted by Crippen LogP contribution is 2.32. The Kier molecular flexibility index (Phi) is 4.59. The second-order valence-corrected chi connectivity index (χ2v) is 8.59. The zero-order chi connectivity index (χ0) is 16.4. The van der Waals surface area contributed by atoms with E-state index >= 15 is 0 Å². The predicted octanol–water partition coefficient (Wildman–Crippen LogP) is 3.08. The van der Waals surface area contributed by atoms with Crippen LogP contribution in [0.2, 0.25) is 0 Å². The maximum Gasteiger partial charge on any atom is 0.366 e. The van der Waals surface area contributed by atoms with E-state index in [2.05, 4.69) is 0 Å². The van der Waals surface area contributed by atoms with Crippen molar-refractivity contribution in [1.82, 2.24) is 4.73 Å². The van der Waals surface area contributed by atoms with Crippen molar-refractivity contribution in [2.45, 2.75) is 49.2 Å². The van der Waals surface area contributed by atoms with E-state index < -0.39 is 15.7 Å². The minimum absolute atomic E-state index is 0.0968. The van der Waals surface area contributed by atoms with Gasteiger partial charge in [-0.2, -0.15) is 8.42 Å². The number of hydrogen-bond acceptors (Lipinski definition) is 5. The van der Waals surface area contributed by atoms with Gasteiger partial charge in [0.2, 0.25) is 0 Å². The van der Waals surface area contributed by atoms with Crippen LogP contribution < -0.4 is 9.84 Å². The summed E-state index contributed by atoms with van der Waals surface area (Å²) in [5.74, 6) is 0.162. The van der Waals surface area contributed by atoms with E-state index in [0.29, 0.717) is 5.69 Å². The molecule has 7 heteroatoms. The zero-order valence-corrected chi connectivity index (χ0v) is 14.5. The molecule has 1 aliphatic carbocycles. The van der Waals surface area contributed by atoms with Crippen LogP contribution in [0.15, 0.2) is 38.6 Å². The van der Waals surface area contributed by atoms with Crippen molar-refractivity contribution in [3.63, 3.8) is 0 Å². The van der Waals surface area contributed by atoms with Crippen LogP contribution in [-0.4, -0.2) is 13.1 Å². The summed E-state index contributed by atoms with van der Waals surface area (Å²) in [6, 6.07) is 6.37. The Bertz CT molecular complexity index is 831. The number of nitrogens with zero attached hydrogens (tertiary/aromatic N) is 1. The molecule has 0 radical (unpaired) electrons. The summed E-state index contributed by atoms with van der Waals surface area (Å²) in [5.41, 5.74) is 1.05. The van der Waals surface area contributed by atoms with Gasteiger partial charge in [0.1, 0.15) is 0 Å². The molecule has 2 heterocycles. The standard InChI is InChI=1S/C16H19NO4S2/c1-12-10-14(13-6-3-2-4-7-13)17(15(18)11-12)21-23(19,20)16-8-5-9-22-16/h5,8-11,13H,2-4,6-7H2,1H3. The van der Waals surface area contributed by atoms with Crippen molar-refractivity contribution in [3.05, 3.63) is 51.3 Å². The summed E-state index contributed by atoms with van der Waals surface area (Å²) >= 11 is 1.07. The molecule has 5 nitrogen and oxygen atoms in total. The summed E-state index contributed by atoms with van der Waals surface area (Å²) < 4.78 is 31.0. The molecule has 0 bridgehead atoms. The highest BCUT2D eigenvalue weighted by atomic mass is 32.3. The van der Waals surface area contributed by atoms with E-state index in [1.807, 2.05) is 13.0 Å². The van der Waals surface area contributed by atoms with E-state index in [0.717, 1.165) is 47.3 Å². The molecule has 1 fully saturated rings. The van der Waals surface area contributed by atoms with Crippen LogP contribution in [0.3, 0.4) is 0 Å². The quantitative estimate of drug-likeness (QED) is 0.847. The summed E-state index contributed by atoms with van der Waals surface area (Å²) in [6.45, 7) is 1.84. The number of hydrogen-bond donors (Lipinski definition) is 0. The Morgan fingerprint density at radius 1 is 1.22 bits per heavy atom. The molecule has 23 heavy (non-hydrogen) atoms. The molecule has 1 saturated carbocycles. The van der Waals surface area contributed by atoms with Crippen molar-refractivity contribution in [1.29, 1.82) is 0 Å². The van der Waals surface area contributed by atoms with Crippen molar-refractivity contribution < 1.29 is 12.7 Å². The van der Waals surface area contributed by atoms with Gasteiger partial charge in [0.25, 0.3) is 5.56 Å². The second-order valence-electron chi connectivity index (χ2n) is 5.89. The SMILES string of the molecule is Cc1cc(C2CCCCC2)n(OS(=O)(=O)c2cccs2)c(=O)c1. The Labute approximate surface area is 139 Å². The van der Waals surface area contributed by atoms with E-state index in [1.54, 1.807) is 11.4 Å². The van der Waals surface area contributed by atoms with Gasteiger partial charge in [-0.15, -0.1) is 16.1 Å². The van der Waals surface area contributed by atoms with Crippen LogP contribution >= 0.6 is 11.3 Å². The molecule has 0 aromatic carbocycles. The Hall–Kier alpha value is -1.60. The van der Waals surface area contributed by atoms with E-state index in [-0.39, 0.29) is 10.1 Å². The van der Waals surface area contributed by atoms with Gasteiger partial charge in [0.05, 0.1) is 5.69 Å². The van der Waals surface area contributed by atoms with Crippen LogP contribution in [0.5, 0.6) is 0 Å². The topological polar surface area (TPSA) is 65.4 Å². The molecule has 0 N–H and O–H groups in total. The van der Waals surface area contributed by atoms with Crippen molar-refractivity contribution in [3.8, 4) is 0 Å². The molecule has 3 rings (SSSR count). The fraction of sp³-hybridized carbons (Fsp3) is 0.438. The first kappa shape index (κ1) is 16.3. The Balaban J connectivity index is 2.03. The predicted molar refractivity (Wildman–Crippen MR) is 89.3 cm³/mol. The zero-order valence-electron chi connectivity index (χ0n) is 12.9. The summed E-state index contributed by atoms with van der Waals surface area (Å²) in [4.78, 5) is 12.3. The lowest BCUT2D eigenvalue weighted by atomic mass is 9.86. The van der Waals surface area contributed by atoms with E-state index in [4.69, 9.17) is 4.28 Å². The Morgan fingerprint density at radius 2 is 1.96 bits per heavy atom. The van der Waals surface area contributed by atoms with E-state index in [1.165, 1.54) is 18.6 Å². The molecule has 2 aromatic rings. The molecule has 0 spiro atoms. The van der Waals surface area contributed by atoms with Crippen LogP contribution in [-0.2, 0) is 10.1 Å². The first-order valence-electron chi connectivity index (χ1n) is 7.69. The van der Waals surface area contributed by atoms with Gasteiger partial charge < -0.3 is 0 Å². The van der Waals surface area contributed by atoms with Gasteiger partial charge in [0.15, 0.2) is 4.21 Å². The summed E-state index contributed by atoms with van der Waals surface area (Å²) in [7, 11) is -3.99. The molecule has 0 saturated heterocycles. The average molecular weight is 353 g/mol. The second kappa shape index (κ2) is 6.49. The number of aromatic nitrogens is 1. The van der Waals surface area contributed by atoms with Crippen LogP contribution in [0.25, 0.3) is 0 Å². The largest absolute Gasteiger partial charge is 0.366 e. The normalized spacial score (nSPS) is 16.4. The lowest BCUT2D eigenvalue weighted by Gasteiger charge is -2.24. The highest BCUT2D eigenvalue weighted by molar-refractivity contribution is 7.89. The molecule has 1 aliphatic rings. The fourth-order valence-electron chi connectivity index (χ4n) is 3.02. The molecule has 2 aromatic heterocycles. The van der Waals surface area contributed by atoms with Gasteiger partial charge in [-0.05, 0) is 42.8 Å². The monoisotopic (exact) mass is 353 g/mol. The van der Waals surface area contributed by atoms with Gasteiger partial charge >= 0.3 is 10.1 Å². The van der Waals surface area contributed by atoms with Crippen LogP contribution in [0.4, 0.5) is 0 Å². The maximum absolute atomic E-state index is 12.4. The minimum atomic E-state index is -3.99. The minimum Gasteiger partial charge on any atom is -0.280 e. The number of pyridine rings is 1. The van der Waals surface area contributed by atoms with Crippen LogP contribution in [0, 0.1) is 6.92 Å². The lowest BCUT2D eigenvalue weighted by Crippen LogP contribution is -2.34. The molecular formula is C16H19NO4S2. The third-order valence-corrected chi connectivity index (χ3v) is 6.64. The molecular weight excluding hydrogens is 334 g/mol. The maximum atomic E-state index is 12.4. The number of thiophene rings is 1. The smallest absolute Gasteiger partial charge is 0.280 e. The summed E-state index contributed by atoms with van der Waals surface area (Å²) in [6.07, 6.45) is 5.26. The highest BCUT2D eigenvalue weighted by Gasteiger charge is 2.25. The van der Waals surface area contributed by atoms with Crippen molar-refractivity contribution in [2.75, 3.05) is 0 Å². The summed E-state index contributed by atoms with van der Waals surface area (Å²) in [5, 5.41) is 1.66. The third kappa shape index (κ3) is 3.50. The van der Waals surface area contributed by atoms with Crippen molar-refractivity contribution >= 4 is 21.5 Å². The average Bonchev–Trinajstić information content (AvgIpc) is 3.06. The number of rotatable bonds is 4.